The molecule has 0 saturated heterocycles. The van der Waals surface area contributed by atoms with Gasteiger partial charge in [-0.05, 0) is 38.0 Å². The topological polar surface area (TPSA) is 150 Å². The minimum absolute atomic E-state index is 0.0609. The summed E-state index contributed by atoms with van der Waals surface area (Å²) in [4.78, 5) is 52.9. The summed E-state index contributed by atoms with van der Waals surface area (Å²) in [5.41, 5.74) is -2.35. The number of ketones is 4. The van der Waals surface area contributed by atoms with Crippen molar-refractivity contribution in [2.45, 2.75) is 45.5 Å². The monoisotopic (exact) mass is 441 g/mol. The number of aryl methyl sites for hydroxylation is 1. The summed E-state index contributed by atoms with van der Waals surface area (Å²) in [7, 11) is 0. The Kier molecular flexibility index (Phi) is 4.87. The predicted molar refractivity (Wildman–Crippen MR) is 110 cm³/mol. The van der Waals surface area contributed by atoms with E-state index in [0.29, 0.717) is 0 Å². The fourth-order valence-electron chi connectivity index (χ4n) is 4.34. The van der Waals surface area contributed by atoms with E-state index in [9.17, 15) is 34.5 Å². The fraction of sp³-hybridized carbons (Fsp3) is 0.391. The first-order valence-corrected chi connectivity index (χ1v) is 10.2. The summed E-state index contributed by atoms with van der Waals surface area (Å²) >= 11 is 0. The summed E-state index contributed by atoms with van der Waals surface area (Å²) in [6.07, 6.45) is -2.09. The minimum atomic E-state index is -1.87. The highest BCUT2D eigenvalue weighted by atomic mass is 16.5. The molecule has 0 amide bonds. The van der Waals surface area contributed by atoms with Crippen molar-refractivity contribution < 1.29 is 39.2 Å². The van der Waals surface area contributed by atoms with Crippen LogP contribution in [-0.4, -0.2) is 62.8 Å². The Balaban J connectivity index is 2.06. The maximum absolute atomic E-state index is 13.4. The molecule has 9 nitrogen and oxygen atoms in total. The third kappa shape index (κ3) is 2.92. The van der Waals surface area contributed by atoms with Crippen molar-refractivity contribution in [3.8, 4) is 5.75 Å². The zero-order valence-electron chi connectivity index (χ0n) is 18.0. The number of phenolic OH excluding ortho intramolecular Hbond substituents is 1. The van der Waals surface area contributed by atoms with E-state index in [1.54, 1.807) is 0 Å². The molecule has 32 heavy (non-hydrogen) atoms. The molecule has 3 aliphatic rings. The van der Waals surface area contributed by atoms with Crippen LogP contribution in [0.15, 0.2) is 29.2 Å². The number of rotatable bonds is 0. The number of ether oxygens (including phenoxy) is 1. The van der Waals surface area contributed by atoms with Crippen molar-refractivity contribution >= 4 is 23.1 Å². The summed E-state index contributed by atoms with van der Waals surface area (Å²) in [5.74, 6) is -4.82. The van der Waals surface area contributed by atoms with Crippen molar-refractivity contribution in [2.24, 2.45) is 5.92 Å². The fourth-order valence-corrected chi connectivity index (χ4v) is 4.34. The molecule has 1 aliphatic carbocycles. The second-order valence-corrected chi connectivity index (χ2v) is 8.73. The van der Waals surface area contributed by atoms with Crippen LogP contribution in [-0.2, 0) is 9.53 Å². The Hall–Kier alpha value is -3.30. The van der Waals surface area contributed by atoms with Crippen molar-refractivity contribution in [1.82, 2.24) is 5.32 Å². The van der Waals surface area contributed by atoms with E-state index in [2.05, 4.69) is 5.32 Å². The molecule has 4 unspecified atom stereocenters. The standard InChI is InChI=1S/C23H23NO8/c1-8-5-9(2)17(27)20(30)22(31)23(4)7-24-14-18(28)11-6-10(3)16(26)13(15(8)25)12(11)19(29)21(14)32-23/h5-6,9,17,20,24,26-27,30H,7H2,1-4H3/b8-5+. The Labute approximate surface area is 183 Å². The number of aliphatic hydroxyl groups is 2. The van der Waals surface area contributed by atoms with Gasteiger partial charge in [0.1, 0.15) is 17.6 Å². The molecule has 0 fully saturated rings. The lowest BCUT2D eigenvalue weighted by Crippen LogP contribution is -2.58. The Morgan fingerprint density at radius 1 is 1.06 bits per heavy atom. The third-order valence-corrected chi connectivity index (χ3v) is 6.30. The van der Waals surface area contributed by atoms with Crippen LogP contribution in [0.1, 0.15) is 57.4 Å². The Morgan fingerprint density at radius 3 is 2.38 bits per heavy atom. The molecule has 2 aliphatic heterocycles. The molecule has 0 spiro atoms. The highest BCUT2D eigenvalue weighted by Crippen LogP contribution is 2.39. The number of carbonyl (C=O) groups is 4. The molecule has 1 aromatic rings. The van der Waals surface area contributed by atoms with Crippen molar-refractivity contribution in [1.29, 1.82) is 0 Å². The van der Waals surface area contributed by atoms with Gasteiger partial charge in [-0.25, -0.2) is 0 Å². The lowest BCUT2D eigenvalue weighted by molar-refractivity contribution is -0.154. The first kappa shape index (κ1) is 21.9. The quantitative estimate of drug-likeness (QED) is 0.457. The summed E-state index contributed by atoms with van der Waals surface area (Å²) in [5, 5.41) is 34.5. The molecule has 4 rings (SSSR count). The van der Waals surface area contributed by atoms with E-state index < -0.39 is 58.4 Å². The Bertz CT molecular complexity index is 1180. The van der Waals surface area contributed by atoms with Gasteiger partial charge in [0.05, 0.1) is 23.8 Å². The second kappa shape index (κ2) is 7.11. The first-order chi connectivity index (χ1) is 14.9. The zero-order valence-corrected chi connectivity index (χ0v) is 18.0. The van der Waals surface area contributed by atoms with Crippen molar-refractivity contribution in [2.75, 3.05) is 6.54 Å². The molecule has 0 saturated carbocycles. The molecule has 2 heterocycles. The summed E-state index contributed by atoms with van der Waals surface area (Å²) in [6.45, 7) is 5.54. The van der Waals surface area contributed by atoms with E-state index in [0.717, 1.165) is 0 Å². The first-order valence-electron chi connectivity index (χ1n) is 10.2. The van der Waals surface area contributed by atoms with Gasteiger partial charge in [0, 0.05) is 11.5 Å². The summed E-state index contributed by atoms with van der Waals surface area (Å²) < 4.78 is 5.70. The third-order valence-electron chi connectivity index (χ3n) is 6.30. The normalized spacial score (nSPS) is 31.8. The van der Waals surface area contributed by atoms with Crippen LogP contribution < -0.4 is 5.32 Å². The minimum Gasteiger partial charge on any atom is -0.507 e. The average Bonchev–Trinajstić information content (AvgIpc) is 2.76. The van der Waals surface area contributed by atoms with E-state index in [-0.39, 0.29) is 40.1 Å². The van der Waals surface area contributed by atoms with Crippen LogP contribution in [0.2, 0.25) is 0 Å². The van der Waals surface area contributed by atoms with Crippen LogP contribution in [0.5, 0.6) is 5.75 Å². The highest BCUT2D eigenvalue weighted by Gasteiger charge is 2.50. The number of hydrogen-bond acceptors (Lipinski definition) is 9. The molecule has 4 N–H and O–H groups in total. The molecule has 0 radical (unpaired) electrons. The number of benzene rings is 1. The van der Waals surface area contributed by atoms with E-state index in [1.807, 2.05) is 0 Å². The van der Waals surface area contributed by atoms with Crippen molar-refractivity contribution in [3.63, 3.8) is 0 Å². The molecule has 9 heteroatoms. The largest absolute Gasteiger partial charge is 0.507 e. The van der Waals surface area contributed by atoms with Crippen molar-refractivity contribution in [3.05, 3.63) is 51.4 Å². The smallest absolute Gasteiger partial charge is 0.231 e. The SMILES string of the molecule is C/C1=C\C(C)C(O)C(O)C(=O)C2(C)CNC3=C(O2)C(=O)c2c(cc(C)c(O)c2C1=O)C3=O. The molecular formula is C23H23NO8. The molecule has 168 valence electrons. The van der Waals surface area contributed by atoms with Gasteiger partial charge in [-0.15, -0.1) is 0 Å². The molecule has 4 atom stereocenters. The highest BCUT2D eigenvalue weighted by molar-refractivity contribution is 6.31. The predicted octanol–water partition coefficient (Wildman–Crippen LogP) is 0.739. The van der Waals surface area contributed by atoms with Gasteiger partial charge >= 0.3 is 0 Å². The molecule has 0 aromatic heterocycles. The number of allylic oxidation sites excluding steroid dienone is 3. The van der Waals surface area contributed by atoms with Gasteiger partial charge in [-0.1, -0.05) is 13.0 Å². The zero-order chi connectivity index (χ0) is 23.7. The number of phenols is 1. The lowest BCUT2D eigenvalue weighted by Gasteiger charge is -2.39. The second-order valence-electron chi connectivity index (χ2n) is 8.73. The van der Waals surface area contributed by atoms with Gasteiger partial charge in [0.2, 0.25) is 17.3 Å². The van der Waals surface area contributed by atoms with E-state index >= 15 is 0 Å². The Morgan fingerprint density at radius 2 is 1.72 bits per heavy atom. The number of hydrogen-bond donors (Lipinski definition) is 4. The molecular weight excluding hydrogens is 418 g/mol. The number of carbonyl (C=O) groups excluding carboxylic acids is 4. The maximum Gasteiger partial charge on any atom is 0.231 e. The van der Waals surface area contributed by atoms with Crippen LogP contribution in [0.4, 0.5) is 0 Å². The number of aromatic hydroxyl groups is 1. The molecule has 1 aromatic carbocycles. The van der Waals surface area contributed by atoms with E-state index in [1.165, 1.54) is 39.8 Å². The summed E-state index contributed by atoms with van der Waals surface area (Å²) in [6, 6.07) is 1.33. The number of aliphatic hydroxyl groups excluding tert-OH is 2. The lowest BCUT2D eigenvalue weighted by atomic mass is 9.82. The van der Waals surface area contributed by atoms with Crippen LogP contribution in [0, 0.1) is 12.8 Å². The van der Waals surface area contributed by atoms with Gasteiger partial charge in [-0.3, -0.25) is 19.2 Å². The van der Waals surface area contributed by atoms with Crippen LogP contribution in [0.25, 0.3) is 0 Å². The molecule has 3 bridgehead atoms. The van der Waals surface area contributed by atoms with Gasteiger partial charge in [-0.2, -0.15) is 0 Å². The average molecular weight is 441 g/mol. The van der Waals surface area contributed by atoms with Gasteiger partial charge in [0.25, 0.3) is 0 Å². The van der Waals surface area contributed by atoms with Gasteiger partial charge in [0.15, 0.2) is 17.1 Å². The van der Waals surface area contributed by atoms with Crippen LogP contribution >= 0.6 is 0 Å². The number of Topliss-reactive ketones (excluding diaryl/α,β-unsaturated/α-hetero) is 4. The number of nitrogens with one attached hydrogen (secondary N) is 1. The maximum atomic E-state index is 13.4. The van der Waals surface area contributed by atoms with E-state index in [4.69, 9.17) is 4.74 Å². The number of fused-ring (bicyclic) bond motifs is 1. The van der Waals surface area contributed by atoms with Crippen LogP contribution in [0.3, 0.4) is 0 Å². The van der Waals surface area contributed by atoms with Gasteiger partial charge < -0.3 is 25.4 Å².